The quantitative estimate of drug-likeness (QED) is 0.260. The van der Waals surface area contributed by atoms with Gasteiger partial charge in [-0.15, -0.1) is 16.4 Å². The Hall–Kier alpha value is -4.34. The van der Waals surface area contributed by atoms with E-state index in [9.17, 15) is 10.5 Å². The van der Waals surface area contributed by atoms with Crippen LogP contribution in [0.4, 0.5) is 5.69 Å². The van der Waals surface area contributed by atoms with Crippen LogP contribution in [0.2, 0.25) is 0 Å². The first-order valence-electron chi connectivity index (χ1n) is 13.1. The first-order valence-corrected chi connectivity index (χ1v) is 14.0. The van der Waals surface area contributed by atoms with Gasteiger partial charge in [0.05, 0.1) is 49.8 Å². The maximum Gasteiger partial charge on any atom is 0.103 e. The van der Waals surface area contributed by atoms with Crippen LogP contribution in [0.3, 0.4) is 0 Å². The highest BCUT2D eigenvalue weighted by Gasteiger charge is 2.28. The molecule has 8 nitrogen and oxygen atoms in total. The van der Waals surface area contributed by atoms with Crippen molar-refractivity contribution in [3.63, 3.8) is 0 Å². The lowest BCUT2D eigenvalue weighted by atomic mass is 9.88. The van der Waals surface area contributed by atoms with Gasteiger partial charge in [0.25, 0.3) is 0 Å². The molecule has 1 atom stereocenters. The largest absolute Gasteiger partial charge is 0.383 e. The monoisotopic (exact) mass is 532 g/mol. The second-order valence-electron chi connectivity index (χ2n) is 11.4. The van der Waals surface area contributed by atoms with Crippen LogP contribution in [-0.2, 0) is 6.42 Å². The van der Waals surface area contributed by atoms with Gasteiger partial charge >= 0.3 is 0 Å². The van der Waals surface area contributed by atoms with Gasteiger partial charge in [0, 0.05) is 30.2 Å². The Morgan fingerprint density at radius 1 is 1.13 bits per heavy atom. The Balaban J connectivity index is 1.49. The SMILES string of the molecule is CC(C)(C)CNc1c(C#N)cnc2c(C#N)cc(C[C@H](c3cn(C4CC4)nn3)c3cccc4ncsc34)cc12. The van der Waals surface area contributed by atoms with E-state index in [2.05, 4.69) is 76.8 Å². The highest BCUT2D eigenvalue weighted by atomic mass is 32.1. The zero-order chi connectivity index (χ0) is 27.1. The molecular weight excluding hydrogens is 504 g/mol. The first-order chi connectivity index (χ1) is 18.8. The number of aromatic nitrogens is 5. The molecule has 0 unspecified atom stereocenters. The zero-order valence-electron chi connectivity index (χ0n) is 22.1. The second kappa shape index (κ2) is 9.76. The number of benzene rings is 2. The molecule has 2 aromatic carbocycles. The Kier molecular flexibility index (Phi) is 6.25. The van der Waals surface area contributed by atoms with Gasteiger partial charge in [-0.3, -0.25) is 4.98 Å². The third kappa shape index (κ3) is 4.94. The minimum absolute atomic E-state index is 0.00386. The molecule has 1 aliphatic carbocycles. The molecule has 1 fully saturated rings. The minimum atomic E-state index is -0.0799. The van der Waals surface area contributed by atoms with Crippen LogP contribution in [0.15, 0.2) is 48.2 Å². The highest BCUT2D eigenvalue weighted by molar-refractivity contribution is 7.17. The summed E-state index contributed by atoms with van der Waals surface area (Å²) in [6.45, 7) is 7.09. The lowest BCUT2D eigenvalue weighted by Crippen LogP contribution is -2.20. The smallest absolute Gasteiger partial charge is 0.103 e. The molecule has 0 spiro atoms. The molecule has 5 aromatic rings. The van der Waals surface area contributed by atoms with Crippen LogP contribution in [0.25, 0.3) is 21.1 Å². The van der Waals surface area contributed by atoms with Gasteiger partial charge in [-0.2, -0.15) is 10.5 Å². The van der Waals surface area contributed by atoms with Crippen molar-refractivity contribution in [2.45, 2.75) is 52.0 Å². The summed E-state index contributed by atoms with van der Waals surface area (Å²) < 4.78 is 3.11. The second-order valence-corrected chi connectivity index (χ2v) is 12.2. The molecule has 0 saturated heterocycles. The number of anilines is 1. The van der Waals surface area contributed by atoms with Crippen molar-refractivity contribution in [2.24, 2.45) is 5.41 Å². The minimum Gasteiger partial charge on any atom is -0.383 e. The summed E-state index contributed by atoms with van der Waals surface area (Å²) in [5, 5.41) is 33.3. The molecule has 6 rings (SSSR count). The van der Waals surface area contributed by atoms with Crippen LogP contribution >= 0.6 is 11.3 Å². The number of nitrogens with one attached hydrogen (secondary N) is 1. The van der Waals surface area contributed by atoms with Gasteiger partial charge in [0.15, 0.2) is 0 Å². The number of nitrogens with zero attached hydrogens (tertiary/aromatic N) is 7. The van der Waals surface area contributed by atoms with Crippen LogP contribution in [0.5, 0.6) is 0 Å². The topological polar surface area (TPSA) is 116 Å². The van der Waals surface area contributed by atoms with E-state index in [-0.39, 0.29) is 11.3 Å². The summed E-state index contributed by atoms with van der Waals surface area (Å²) in [5.41, 5.74) is 8.12. The van der Waals surface area contributed by atoms with Crippen molar-refractivity contribution in [1.29, 1.82) is 10.5 Å². The molecule has 39 heavy (non-hydrogen) atoms. The molecule has 9 heteroatoms. The van der Waals surface area contributed by atoms with Crippen LogP contribution < -0.4 is 5.32 Å². The van der Waals surface area contributed by atoms with Gasteiger partial charge in [-0.1, -0.05) is 38.1 Å². The van der Waals surface area contributed by atoms with Gasteiger partial charge in [-0.25, -0.2) is 9.67 Å². The van der Waals surface area contributed by atoms with Crippen molar-refractivity contribution in [3.8, 4) is 12.1 Å². The van der Waals surface area contributed by atoms with Gasteiger partial charge < -0.3 is 5.32 Å². The average molecular weight is 533 g/mol. The lowest BCUT2D eigenvalue weighted by Gasteiger charge is -2.22. The van der Waals surface area contributed by atoms with E-state index in [4.69, 9.17) is 0 Å². The average Bonchev–Trinajstić information content (AvgIpc) is 3.45. The molecule has 3 aromatic heterocycles. The van der Waals surface area contributed by atoms with Crippen molar-refractivity contribution in [1.82, 2.24) is 25.0 Å². The Bertz CT molecular complexity index is 1780. The molecule has 0 aliphatic heterocycles. The van der Waals surface area contributed by atoms with E-state index in [1.54, 1.807) is 17.5 Å². The fourth-order valence-corrected chi connectivity index (χ4v) is 5.81. The number of nitriles is 2. The fraction of sp³-hybridized carbons (Fsp3) is 0.333. The number of fused-ring (bicyclic) bond motifs is 2. The van der Waals surface area contributed by atoms with Crippen molar-refractivity contribution >= 4 is 38.1 Å². The molecule has 0 bridgehead atoms. The normalized spacial score (nSPS) is 14.3. The van der Waals surface area contributed by atoms with E-state index in [1.807, 2.05) is 28.4 Å². The highest BCUT2D eigenvalue weighted by Crippen LogP contribution is 2.39. The summed E-state index contributed by atoms with van der Waals surface area (Å²) in [5.74, 6) is -0.0799. The van der Waals surface area contributed by atoms with Crippen LogP contribution in [-0.4, -0.2) is 31.5 Å². The Morgan fingerprint density at radius 3 is 2.69 bits per heavy atom. The van der Waals surface area contributed by atoms with E-state index in [0.29, 0.717) is 35.7 Å². The summed E-state index contributed by atoms with van der Waals surface area (Å²) in [4.78, 5) is 9.04. The van der Waals surface area contributed by atoms with Crippen LogP contribution in [0.1, 0.15) is 73.5 Å². The molecule has 3 heterocycles. The van der Waals surface area contributed by atoms with Crippen LogP contribution in [0, 0.1) is 28.1 Å². The number of hydrogen-bond donors (Lipinski definition) is 1. The third-order valence-corrected chi connectivity index (χ3v) is 7.97. The zero-order valence-corrected chi connectivity index (χ0v) is 23.0. The van der Waals surface area contributed by atoms with E-state index in [0.717, 1.165) is 51.0 Å². The molecule has 1 saturated carbocycles. The third-order valence-electron chi connectivity index (χ3n) is 7.08. The standard InChI is InChI=1S/C30H28N8S/c1-30(2,3)16-34-28-20(13-32)14-33-27-19(12-31)9-18(11-24(27)28)10-23(26-15-38(37-36-26)21-7-8-21)22-5-4-6-25-29(22)39-17-35-25/h4-6,9,11,14-15,17,21,23H,7-8,10,16H2,1-3H3,(H,33,34)/t23-/m0/s1. The van der Waals surface area contributed by atoms with Gasteiger partial charge in [0.2, 0.25) is 0 Å². The van der Waals surface area contributed by atoms with E-state index < -0.39 is 0 Å². The summed E-state index contributed by atoms with van der Waals surface area (Å²) in [7, 11) is 0. The molecule has 1 aliphatic rings. The summed E-state index contributed by atoms with van der Waals surface area (Å²) >= 11 is 1.62. The van der Waals surface area contributed by atoms with Crippen molar-refractivity contribution < 1.29 is 0 Å². The van der Waals surface area contributed by atoms with Crippen molar-refractivity contribution in [3.05, 3.63) is 76.2 Å². The lowest BCUT2D eigenvalue weighted by molar-refractivity contribution is 0.443. The fourth-order valence-electron chi connectivity index (χ4n) is 4.95. The van der Waals surface area contributed by atoms with Gasteiger partial charge in [-0.05, 0) is 54.0 Å². The molecule has 0 amide bonds. The molecule has 0 radical (unpaired) electrons. The van der Waals surface area contributed by atoms with Gasteiger partial charge in [0.1, 0.15) is 12.1 Å². The molecular formula is C30H28N8S. The number of thiazole rings is 1. The number of rotatable bonds is 7. The predicted molar refractivity (Wildman–Crippen MR) is 153 cm³/mol. The maximum absolute atomic E-state index is 10.1. The predicted octanol–water partition coefficient (Wildman–Crippen LogP) is 6.35. The number of pyridine rings is 1. The first kappa shape index (κ1) is 25.0. The Morgan fingerprint density at radius 2 is 1.95 bits per heavy atom. The van der Waals surface area contributed by atoms with E-state index >= 15 is 0 Å². The summed E-state index contributed by atoms with van der Waals surface area (Å²) in [6, 6.07) is 15.2. The van der Waals surface area contributed by atoms with Crippen molar-refractivity contribution in [2.75, 3.05) is 11.9 Å². The number of hydrogen-bond acceptors (Lipinski definition) is 8. The van der Waals surface area contributed by atoms with E-state index in [1.165, 1.54) is 0 Å². The molecule has 194 valence electrons. The maximum atomic E-state index is 10.1. The summed E-state index contributed by atoms with van der Waals surface area (Å²) in [6.07, 6.45) is 6.50. The Labute approximate surface area is 230 Å². The molecule has 1 N–H and O–H groups in total.